The number of nitrogens with one attached hydrogen (secondary N) is 1. The van der Waals surface area contributed by atoms with Crippen molar-refractivity contribution in [2.24, 2.45) is 0 Å². The molecule has 8 heteroatoms. The minimum Gasteiger partial charge on any atom is -0.467 e. The van der Waals surface area contributed by atoms with Crippen LogP contribution in [0.3, 0.4) is 0 Å². The minimum absolute atomic E-state index is 0.0961. The summed E-state index contributed by atoms with van der Waals surface area (Å²) in [5.74, 6) is 0.886. The first-order chi connectivity index (χ1) is 11.6. The number of hydrogen-bond donors (Lipinski definition) is 1. The second-order valence-electron chi connectivity index (χ2n) is 5.28. The first kappa shape index (κ1) is 16.3. The van der Waals surface area contributed by atoms with E-state index in [9.17, 15) is 4.79 Å². The summed E-state index contributed by atoms with van der Waals surface area (Å²) < 4.78 is 6.89. The summed E-state index contributed by atoms with van der Waals surface area (Å²) in [5.41, 5.74) is 3.04. The highest BCUT2D eigenvalue weighted by atomic mass is 32.2. The molecule has 0 bridgehead atoms. The Bertz CT molecular complexity index is 829. The van der Waals surface area contributed by atoms with Crippen molar-refractivity contribution in [2.75, 3.05) is 11.1 Å². The van der Waals surface area contributed by atoms with Gasteiger partial charge in [-0.1, -0.05) is 23.9 Å². The van der Waals surface area contributed by atoms with Crippen LogP contribution >= 0.6 is 11.8 Å². The van der Waals surface area contributed by atoms with Gasteiger partial charge >= 0.3 is 0 Å². The van der Waals surface area contributed by atoms with Crippen LogP contribution in [0.5, 0.6) is 0 Å². The van der Waals surface area contributed by atoms with Gasteiger partial charge in [-0.2, -0.15) is 0 Å². The maximum Gasteiger partial charge on any atom is 0.234 e. The van der Waals surface area contributed by atoms with E-state index in [-0.39, 0.29) is 11.7 Å². The average molecular weight is 343 g/mol. The number of carbonyl (C=O) groups is 1. The summed E-state index contributed by atoms with van der Waals surface area (Å²) in [4.78, 5) is 12.2. The monoisotopic (exact) mass is 343 g/mol. The third kappa shape index (κ3) is 3.83. The molecular weight excluding hydrogens is 326 g/mol. The van der Waals surface area contributed by atoms with Gasteiger partial charge < -0.3 is 9.73 Å². The molecule has 1 aromatic carbocycles. The number of nitrogens with zero attached hydrogens (tertiary/aromatic N) is 4. The van der Waals surface area contributed by atoms with Crippen molar-refractivity contribution in [1.29, 1.82) is 0 Å². The molecule has 3 rings (SSSR count). The molecule has 124 valence electrons. The largest absolute Gasteiger partial charge is 0.467 e. The fourth-order valence-corrected chi connectivity index (χ4v) is 2.83. The fraction of sp³-hybridized carbons (Fsp3) is 0.250. The highest BCUT2D eigenvalue weighted by Gasteiger charge is 2.12. The van der Waals surface area contributed by atoms with Gasteiger partial charge in [0.15, 0.2) is 0 Å². The van der Waals surface area contributed by atoms with Crippen LogP contribution in [0.4, 0.5) is 5.69 Å². The Morgan fingerprint density at radius 3 is 2.96 bits per heavy atom. The number of hydrogen-bond acceptors (Lipinski definition) is 6. The van der Waals surface area contributed by atoms with Crippen molar-refractivity contribution >= 4 is 23.4 Å². The van der Waals surface area contributed by atoms with Crippen molar-refractivity contribution in [3.8, 4) is 0 Å². The predicted molar refractivity (Wildman–Crippen MR) is 90.9 cm³/mol. The van der Waals surface area contributed by atoms with Gasteiger partial charge in [-0.15, -0.1) is 5.10 Å². The summed E-state index contributed by atoms with van der Waals surface area (Å²) >= 11 is 1.29. The van der Waals surface area contributed by atoms with Crippen LogP contribution in [0.2, 0.25) is 0 Å². The highest BCUT2D eigenvalue weighted by Crippen LogP contribution is 2.20. The number of anilines is 1. The van der Waals surface area contributed by atoms with E-state index in [0.29, 0.717) is 11.7 Å². The Morgan fingerprint density at radius 2 is 2.17 bits per heavy atom. The van der Waals surface area contributed by atoms with Crippen LogP contribution in [-0.4, -0.2) is 31.9 Å². The third-order valence-corrected chi connectivity index (χ3v) is 4.55. The predicted octanol–water partition coefficient (Wildman–Crippen LogP) is 2.66. The van der Waals surface area contributed by atoms with Crippen LogP contribution < -0.4 is 5.32 Å². The SMILES string of the molecule is Cc1cccc(NC(=O)CSc2nnnn2Cc2ccco2)c1C. The second-order valence-corrected chi connectivity index (χ2v) is 6.23. The van der Waals surface area contributed by atoms with Crippen LogP contribution in [0.1, 0.15) is 16.9 Å². The lowest BCUT2D eigenvalue weighted by Gasteiger charge is -2.10. The van der Waals surface area contributed by atoms with Crippen LogP contribution in [0, 0.1) is 13.8 Å². The maximum absolute atomic E-state index is 12.2. The van der Waals surface area contributed by atoms with Gasteiger partial charge in [0, 0.05) is 5.69 Å². The van der Waals surface area contributed by atoms with E-state index in [0.717, 1.165) is 22.6 Å². The van der Waals surface area contributed by atoms with Crippen LogP contribution in [0.25, 0.3) is 0 Å². The molecule has 0 unspecified atom stereocenters. The molecule has 24 heavy (non-hydrogen) atoms. The number of benzene rings is 1. The third-order valence-electron chi connectivity index (χ3n) is 3.60. The number of aromatic nitrogens is 4. The molecule has 2 heterocycles. The summed E-state index contributed by atoms with van der Waals surface area (Å²) in [6, 6.07) is 9.50. The zero-order valence-corrected chi connectivity index (χ0v) is 14.2. The number of aryl methyl sites for hydroxylation is 1. The van der Waals surface area contributed by atoms with Crippen molar-refractivity contribution in [2.45, 2.75) is 25.5 Å². The normalized spacial score (nSPS) is 10.8. The van der Waals surface area contributed by atoms with Crippen molar-refractivity contribution in [3.05, 3.63) is 53.5 Å². The van der Waals surface area contributed by atoms with Gasteiger partial charge in [-0.25, -0.2) is 4.68 Å². The van der Waals surface area contributed by atoms with Crippen molar-refractivity contribution < 1.29 is 9.21 Å². The van der Waals surface area contributed by atoms with Crippen molar-refractivity contribution in [1.82, 2.24) is 20.2 Å². The van der Waals surface area contributed by atoms with Crippen LogP contribution in [0.15, 0.2) is 46.2 Å². The summed E-state index contributed by atoms with van der Waals surface area (Å²) in [5, 5.41) is 15.0. The molecule has 0 aliphatic heterocycles. The summed E-state index contributed by atoms with van der Waals surface area (Å²) in [7, 11) is 0. The molecule has 0 saturated carbocycles. The van der Waals surface area contributed by atoms with E-state index in [1.165, 1.54) is 11.8 Å². The van der Waals surface area contributed by atoms with Crippen molar-refractivity contribution in [3.63, 3.8) is 0 Å². The lowest BCUT2D eigenvalue weighted by atomic mass is 10.1. The van der Waals surface area contributed by atoms with Gasteiger partial charge in [-0.3, -0.25) is 4.79 Å². The molecule has 1 amide bonds. The van der Waals surface area contributed by atoms with E-state index in [1.807, 2.05) is 44.2 Å². The highest BCUT2D eigenvalue weighted by molar-refractivity contribution is 7.99. The molecule has 0 fully saturated rings. The Morgan fingerprint density at radius 1 is 1.29 bits per heavy atom. The van der Waals surface area contributed by atoms with E-state index in [2.05, 4.69) is 20.8 Å². The molecule has 1 N–H and O–H groups in total. The molecular formula is C16H17N5O2S. The minimum atomic E-state index is -0.0961. The molecule has 0 atom stereocenters. The Hall–Kier alpha value is -2.61. The topological polar surface area (TPSA) is 85.8 Å². The smallest absolute Gasteiger partial charge is 0.234 e. The fourth-order valence-electron chi connectivity index (χ4n) is 2.15. The quantitative estimate of drug-likeness (QED) is 0.693. The Balaban J connectivity index is 1.59. The molecule has 0 spiro atoms. The first-order valence-corrected chi connectivity index (χ1v) is 8.39. The number of thioether (sulfide) groups is 1. The number of rotatable bonds is 6. The molecule has 7 nitrogen and oxygen atoms in total. The molecule has 2 aromatic heterocycles. The number of carbonyl (C=O) groups excluding carboxylic acids is 1. The van der Waals surface area contributed by atoms with Gasteiger partial charge in [0.05, 0.1) is 12.0 Å². The summed E-state index contributed by atoms with van der Waals surface area (Å²) in [6.45, 7) is 4.44. The Kier molecular flexibility index (Phi) is 4.95. The number of furan rings is 1. The standard InChI is InChI=1S/C16H17N5O2S/c1-11-5-3-7-14(12(11)2)17-15(22)10-24-16-18-19-20-21(16)9-13-6-4-8-23-13/h3-8H,9-10H2,1-2H3,(H,17,22). The van der Waals surface area contributed by atoms with Crippen LogP contribution in [-0.2, 0) is 11.3 Å². The lowest BCUT2D eigenvalue weighted by molar-refractivity contribution is -0.113. The summed E-state index contributed by atoms with van der Waals surface area (Å²) in [6.07, 6.45) is 1.60. The van der Waals surface area contributed by atoms with E-state index in [4.69, 9.17) is 4.42 Å². The number of tetrazole rings is 1. The molecule has 0 aliphatic carbocycles. The molecule has 0 saturated heterocycles. The molecule has 3 aromatic rings. The van der Waals surface area contributed by atoms with Gasteiger partial charge in [0.2, 0.25) is 11.1 Å². The van der Waals surface area contributed by atoms with E-state index >= 15 is 0 Å². The van der Waals surface area contributed by atoms with Gasteiger partial charge in [0.25, 0.3) is 0 Å². The zero-order chi connectivity index (χ0) is 16.9. The first-order valence-electron chi connectivity index (χ1n) is 7.41. The van der Waals surface area contributed by atoms with E-state index < -0.39 is 0 Å². The molecule has 0 radical (unpaired) electrons. The average Bonchev–Trinajstić information content (AvgIpc) is 3.22. The number of amides is 1. The van der Waals surface area contributed by atoms with Gasteiger partial charge in [0.1, 0.15) is 12.3 Å². The maximum atomic E-state index is 12.2. The van der Waals surface area contributed by atoms with E-state index in [1.54, 1.807) is 10.9 Å². The Labute approximate surface area is 143 Å². The van der Waals surface area contributed by atoms with Gasteiger partial charge in [-0.05, 0) is 53.6 Å². The molecule has 0 aliphatic rings. The lowest BCUT2D eigenvalue weighted by Crippen LogP contribution is -2.15. The second kappa shape index (κ2) is 7.31. The zero-order valence-electron chi connectivity index (χ0n) is 13.4.